The van der Waals surface area contributed by atoms with Crippen LogP contribution in [0.15, 0.2) is 0 Å². The minimum Gasteiger partial charge on any atom is -0.467 e. The first-order valence-corrected chi connectivity index (χ1v) is 5.93. The van der Waals surface area contributed by atoms with Gasteiger partial charge >= 0.3 is 12.0 Å². The van der Waals surface area contributed by atoms with Gasteiger partial charge in [0.2, 0.25) is 5.95 Å². The number of nitrogens with zero attached hydrogens (tertiary/aromatic N) is 4. The summed E-state index contributed by atoms with van der Waals surface area (Å²) in [6.45, 7) is 0.879. The molecule has 1 saturated carbocycles. The van der Waals surface area contributed by atoms with Crippen molar-refractivity contribution < 1.29 is 9.47 Å². The van der Waals surface area contributed by atoms with E-state index in [9.17, 15) is 0 Å². The molecular weight excluding hydrogens is 234 g/mol. The molecule has 0 unspecified atom stereocenters. The lowest BCUT2D eigenvalue weighted by molar-refractivity contribution is 0.269. The van der Waals surface area contributed by atoms with E-state index in [-0.39, 0.29) is 12.0 Å². The normalized spacial score (nSPS) is 22.2. The Morgan fingerprint density at radius 3 is 2.17 bits per heavy atom. The highest BCUT2D eigenvalue weighted by Gasteiger charge is 2.27. The van der Waals surface area contributed by atoms with E-state index < -0.39 is 0 Å². The van der Waals surface area contributed by atoms with Crippen molar-refractivity contribution in [3.8, 4) is 12.0 Å². The molecule has 1 heterocycles. The fourth-order valence-corrected chi connectivity index (χ4v) is 2.09. The van der Waals surface area contributed by atoms with Crippen LogP contribution in [0.1, 0.15) is 12.8 Å². The van der Waals surface area contributed by atoms with Crippen molar-refractivity contribution in [2.45, 2.75) is 18.9 Å². The molecule has 0 aromatic carbocycles. The molecule has 0 aliphatic heterocycles. The van der Waals surface area contributed by atoms with Gasteiger partial charge in [0.1, 0.15) is 0 Å². The lowest BCUT2D eigenvalue weighted by Gasteiger charge is -2.35. The van der Waals surface area contributed by atoms with E-state index in [2.05, 4.69) is 15.0 Å². The molecule has 0 bridgehead atoms. The number of ether oxygens (including phenoxy) is 2. The molecule has 1 aliphatic carbocycles. The lowest BCUT2D eigenvalue weighted by Crippen LogP contribution is -2.42. The van der Waals surface area contributed by atoms with E-state index >= 15 is 0 Å². The van der Waals surface area contributed by atoms with E-state index in [0.717, 1.165) is 19.4 Å². The maximum atomic E-state index is 5.77. The maximum Gasteiger partial charge on any atom is 0.324 e. The Balaban J connectivity index is 2.06. The molecule has 1 fully saturated rings. The van der Waals surface area contributed by atoms with Crippen molar-refractivity contribution in [3.63, 3.8) is 0 Å². The van der Waals surface area contributed by atoms with Crippen molar-refractivity contribution in [3.05, 3.63) is 0 Å². The molecule has 0 saturated heterocycles. The van der Waals surface area contributed by atoms with Crippen LogP contribution in [0.5, 0.6) is 12.0 Å². The number of aromatic nitrogens is 3. The van der Waals surface area contributed by atoms with Gasteiger partial charge in [0.25, 0.3) is 0 Å². The summed E-state index contributed by atoms with van der Waals surface area (Å²) in [7, 11) is 4.98. The molecular formula is C11H19N5O2. The Morgan fingerprint density at radius 1 is 1.17 bits per heavy atom. The molecule has 7 heteroatoms. The first kappa shape index (κ1) is 12.8. The Morgan fingerprint density at radius 2 is 1.72 bits per heavy atom. The summed E-state index contributed by atoms with van der Waals surface area (Å²) in [5, 5.41) is 0. The highest BCUT2D eigenvalue weighted by molar-refractivity contribution is 5.31. The van der Waals surface area contributed by atoms with Crippen LogP contribution < -0.4 is 20.1 Å². The Kier molecular flexibility index (Phi) is 3.81. The van der Waals surface area contributed by atoms with Gasteiger partial charge in [0.15, 0.2) is 0 Å². The van der Waals surface area contributed by atoms with Gasteiger partial charge in [-0.05, 0) is 18.8 Å². The van der Waals surface area contributed by atoms with Crippen LogP contribution in [0.25, 0.3) is 0 Å². The zero-order chi connectivity index (χ0) is 13.1. The number of rotatable bonds is 5. The van der Waals surface area contributed by atoms with Gasteiger partial charge in [-0.3, -0.25) is 0 Å². The van der Waals surface area contributed by atoms with Gasteiger partial charge in [0.05, 0.1) is 14.2 Å². The minimum absolute atomic E-state index is 0.258. The maximum absolute atomic E-state index is 5.77. The first-order chi connectivity index (χ1) is 8.62. The number of hydrogen-bond donors (Lipinski definition) is 1. The van der Waals surface area contributed by atoms with Crippen LogP contribution in [0.3, 0.4) is 0 Å². The smallest absolute Gasteiger partial charge is 0.324 e. The summed E-state index contributed by atoms with van der Waals surface area (Å²) in [5.41, 5.74) is 5.77. The lowest BCUT2D eigenvalue weighted by atomic mass is 9.81. The van der Waals surface area contributed by atoms with E-state index in [0.29, 0.717) is 17.9 Å². The van der Waals surface area contributed by atoms with Crippen molar-refractivity contribution >= 4 is 5.95 Å². The summed E-state index contributed by atoms with van der Waals surface area (Å²) < 4.78 is 10.0. The Labute approximate surface area is 106 Å². The summed E-state index contributed by atoms with van der Waals surface area (Å²) in [6, 6.07) is 0.869. The number of methoxy groups -OCH3 is 2. The SMILES string of the molecule is COc1nc(OC)nc(N(C)CC2CC(N)C2)n1. The molecule has 2 rings (SSSR count). The van der Waals surface area contributed by atoms with Crippen LogP contribution in [0.2, 0.25) is 0 Å². The van der Waals surface area contributed by atoms with Gasteiger partial charge in [-0.1, -0.05) is 0 Å². The molecule has 2 N–H and O–H groups in total. The fraction of sp³-hybridized carbons (Fsp3) is 0.727. The average Bonchev–Trinajstić information content (AvgIpc) is 2.36. The van der Waals surface area contributed by atoms with Gasteiger partial charge < -0.3 is 20.1 Å². The molecule has 0 radical (unpaired) electrons. The van der Waals surface area contributed by atoms with Gasteiger partial charge in [-0.15, -0.1) is 4.98 Å². The number of hydrogen-bond acceptors (Lipinski definition) is 7. The molecule has 0 amide bonds. The van der Waals surface area contributed by atoms with Crippen LogP contribution >= 0.6 is 0 Å². The molecule has 1 aromatic rings. The zero-order valence-corrected chi connectivity index (χ0v) is 11.0. The van der Waals surface area contributed by atoms with Crippen LogP contribution in [0, 0.1) is 5.92 Å². The van der Waals surface area contributed by atoms with E-state index in [1.165, 1.54) is 14.2 Å². The monoisotopic (exact) mass is 253 g/mol. The van der Waals surface area contributed by atoms with Crippen molar-refractivity contribution in [1.82, 2.24) is 15.0 Å². The Hall–Kier alpha value is -1.63. The average molecular weight is 253 g/mol. The zero-order valence-electron chi connectivity index (χ0n) is 11.0. The van der Waals surface area contributed by atoms with Crippen molar-refractivity contribution in [2.24, 2.45) is 11.7 Å². The van der Waals surface area contributed by atoms with Gasteiger partial charge in [-0.25, -0.2) is 0 Å². The predicted octanol–water partition coefficient (Wildman–Crippen LogP) is 0.0623. The quantitative estimate of drug-likeness (QED) is 0.794. The molecule has 100 valence electrons. The fourth-order valence-electron chi connectivity index (χ4n) is 2.09. The summed E-state index contributed by atoms with van der Waals surface area (Å²) >= 11 is 0. The van der Waals surface area contributed by atoms with E-state index in [1.807, 2.05) is 11.9 Å². The molecule has 0 spiro atoms. The predicted molar refractivity (Wildman–Crippen MR) is 66.9 cm³/mol. The summed E-state index contributed by atoms with van der Waals surface area (Å²) in [5.74, 6) is 1.16. The minimum atomic E-state index is 0.258. The van der Waals surface area contributed by atoms with Gasteiger partial charge in [-0.2, -0.15) is 9.97 Å². The first-order valence-electron chi connectivity index (χ1n) is 5.93. The second kappa shape index (κ2) is 5.34. The topological polar surface area (TPSA) is 86.4 Å². The molecule has 0 atom stereocenters. The largest absolute Gasteiger partial charge is 0.467 e. The Bertz CT molecular complexity index is 386. The van der Waals surface area contributed by atoms with Crippen LogP contribution in [-0.2, 0) is 0 Å². The third-order valence-electron chi connectivity index (χ3n) is 3.09. The van der Waals surface area contributed by atoms with E-state index in [4.69, 9.17) is 15.2 Å². The molecule has 18 heavy (non-hydrogen) atoms. The highest BCUT2D eigenvalue weighted by Crippen LogP contribution is 2.27. The van der Waals surface area contributed by atoms with Crippen LogP contribution in [-0.4, -0.2) is 48.8 Å². The van der Waals surface area contributed by atoms with Crippen molar-refractivity contribution in [2.75, 3.05) is 32.7 Å². The summed E-state index contributed by atoms with van der Waals surface area (Å²) in [4.78, 5) is 14.3. The van der Waals surface area contributed by atoms with E-state index in [1.54, 1.807) is 0 Å². The number of anilines is 1. The summed E-state index contributed by atoms with van der Waals surface area (Å²) in [6.07, 6.45) is 2.12. The second-order valence-electron chi connectivity index (χ2n) is 4.59. The molecule has 1 aromatic heterocycles. The number of nitrogens with two attached hydrogens (primary N) is 1. The molecule has 1 aliphatic rings. The third-order valence-corrected chi connectivity index (χ3v) is 3.09. The standard InChI is InChI=1S/C11H19N5O2/c1-16(6-7-4-8(12)5-7)9-13-10(17-2)15-11(14-9)18-3/h7-8H,4-6,12H2,1-3H3. The second-order valence-corrected chi connectivity index (χ2v) is 4.59. The third kappa shape index (κ3) is 2.79. The van der Waals surface area contributed by atoms with Crippen molar-refractivity contribution in [1.29, 1.82) is 0 Å². The van der Waals surface area contributed by atoms with Gasteiger partial charge in [0, 0.05) is 19.6 Å². The highest BCUT2D eigenvalue weighted by atomic mass is 16.5. The van der Waals surface area contributed by atoms with Crippen LogP contribution in [0.4, 0.5) is 5.95 Å². The molecule has 7 nitrogen and oxygen atoms in total.